The first kappa shape index (κ1) is 19.0. The fraction of sp³-hybridized carbons (Fsp3) is 0.800. The molecule has 0 heterocycles. The molecule has 1 aliphatic carbocycles. The minimum absolute atomic E-state index is 0.639. The number of carbonyl (C=O) groups excluding carboxylic acids is 2. The van der Waals surface area contributed by atoms with Gasteiger partial charge >= 0.3 is 0 Å². The second-order valence-corrected chi connectivity index (χ2v) is 4.81. The summed E-state index contributed by atoms with van der Waals surface area (Å²) in [5.41, 5.74) is 8.67. The van der Waals surface area contributed by atoms with E-state index in [-0.39, 0.29) is 0 Å². The lowest BCUT2D eigenvalue weighted by Crippen LogP contribution is -2.29. The first-order chi connectivity index (χ1) is 7.77. The number of nitrogens with two attached hydrogens (primary N) is 2. The minimum atomic E-state index is -0.639. The van der Waals surface area contributed by atoms with Gasteiger partial charge in [-0.15, -0.1) is 0 Å². The Labute approximate surface area is 114 Å². The quantitative estimate of drug-likeness (QED) is 0.553. The molecule has 0 unspecified atom stereocenters. The number of thiol groups is 2. The van der Waals surface area contributed by atoms with E-state index in [0.717, 1.165) is 6.04 Å². The molecule has 0 saturated heterocycles. The highest BCUT2D eigenvalue weighted by Gasteiger charge is 2.13. The van der Waals surface area contributed by atoms with E-state index in [9.17, 15) is 0 Å². The summed E-state index contributed by atoms with van der Waals surface area (Å²) in [5, 5.41) is -1.28. The van der Waals surface area contributed by atoms with Crippen LogP contribution >= 0.6 is 25.3 Å². The lowest BCUT2D eigenvalue weighted by Gasteiger charge is -2.27. The van der Waals surface area contributed by atoms with Gasteiger partial charge in [-0.1, -0.05) is 44.5 Å². The zero-order chi connectivity index (χ0) is 13.8. The molecule has 0 atom stereocenters. The van der Waals surface area contributed by atoms with Crippen LogP contribution in [0.15, 0.2) is 0 Å². The van der Waals surface area contributed by atoms with Crippen LogP contribution in [0.2, 0.25) is 0 Å². The molecule has 0 spiro atoms. The first-order valence-electron chi connectivity index (χ1n) is 5.40. The number of nitrogens with zero attached hydrogens (tertiary/aromatic N) is 1. The SMILES string of the molecule is CN(C)C1CCCCC1.NC(=O)S.NC(=O)S. The topological polar surface area (TPSA) is 89.4 Å². The minimum Gasteiger partial charge on any atom is -0.361 e. The van der Waals surface area contributed by atoms with E-state index in [1.54, 1.807) is 0 Å². The monoisotopic (exact) mass is 281 g/mol. The van der Waals surface area contributed by atoms with Crippen molar-refractivity contribution in [2.45, 2.75) is 38.1 Å². The molecule has 0 bridgehead atoms. The molecule has 0 aromatic rings. The van der Waals surface area contributed by atoms with Gasteiger partial charge < -0.3 is 16.4 Å². The van der Waals surface area contributed by atoms with Crippen LogP contribution in [-0.4, -0.2) is 35.5 Å². The Morgan fingerprint density at radius 1 is 1.00 bits per heavy atom. The van der Waals surface area contributed by atoms with E-state index >= 15 is 0 Å². The molecule has 1 aliphatic rings. The van der Waals surface area contributed by atoms with Crippen molar-refractivity contribution >= 4 is 35.7 Å². The predicted molar refractivity (Wildman–Crippen MR) is 77.7 cm³/mol. The lowest BCUT2D eigenvalue weighted by atomic mass is 9.95. The van der Waals surface area contributed by atoms with Crippen molar-refractivity contribution in [3.05, 3.63) is 0 Å². The molecule has 5 nitrogen and oxygen atoms in total. The third-order valence-corrected chi connectivity index (χ3v) is 2.30. The molecule has 102 valence electrons. The maximum Gasteiger partial charge on any atom is 0.273 e. The molecule has 0 aromatic heterocycles. The molecule has 1 fully saturated rings. The summed E-state index contributed by atoms with van der Waals surface area (Å²) < 4.78 is 0. The average molecular weight is 281 g/mol. The standard InChI is InChI=1S/C8H17N.2CH3NOS/c1-9(2)8-6-4-3-5-7-8;2*2-1(3)4/h8H,3-7H2,1-2H3;2*(H3,2,3,4). The normalized spacial score (nSPS) is 15.1. The number of hydrogen-bond acceptors (Lipinski definition) is 3. The molecule has 0 radical (unpaired) electrons. The molecule has 1 saturated carbocycles. The first-order valence-corrected chi connectivity index (χ1v) is 6.30. The van der Waals surface area contributed by atoms with Crippen LogP contribution in [0.4, 0.5) is 9.59 Å². The van der Waals surface area contributed by atoms with Crippen LogP contribution in [0.3, 0.4) is 0 Å². The third-order valence-electron chi connectivity index (χ3n) is 2.30. The Hall–Kier alpha value is -0.400. The van der Waals surface area contributed by atoms with Crippen molar-refractivity contribution in [3.8, 4) is 0 Å². The van der Waals surface area contributed by atoms with Crippen molar-refractivity contribution in [1.82, 2.24) is 4.90 Å². The molecule has 0 aromatic carbocycles. The van der Waals surface area contributed by atoms with Crippen molar-refractivity contribution in [1.29, 1.82) is 0 Å². The number of amides is 2. The summed E-state index contributed by atoms with van der Waals surface area (Å²) in [6, 6.07) is 0.888. The summed E-state index contributed by atoms with van der Waals surface area (Å²) in [5.74, 6) is 0. The Morgan fingerprint density at radius 2 is 1.29 bits per heavy atom. The fourth-order valence-electron chi connectivity index (χ4n) is 1.60. The van der Waals surface area contributed by atoms with Crippen molar-refractivity contribution in [3.63, 3.8) is 0 Å². The zero-order valence-electron chi connectivity index (χ0n) is 10.4. The molecular weight excluding hydrogens is 258 g/mol. The van der Waals surface area contributed by atoms with Crippen LogP contribution in [0, 0.1) is 0 Å². The molecule has 4 N–H and O–H groups in total. The third kappa shape index (κ3) is 21.4. The Balaban J connectivity index is 0. The molecule has 0 aliphatic heterocycles. The van der Waals surface area contributed by atoms with Gasteiger partial charge in [0.05, 0.1) is 0 Å². The van der Waals surface area contributed by atoms with Crippen molar-refractivity contribution in [2.75, 3.05) is 14.1 Å². The van der Waals surface area contributed by atoms with E-state index in [1.807, 2.05) is 0 Å². The maximum absolute atomic E-state index is 9.09. The number of hydrogen-bond donors (Lipinski definition) is 4. The highest BCUT2D eigenvalue weighted by Crippen LogP contribution is 2.20. The summed E-state index contributed by atoms with van der Waals surface area (Å²) in [4.78, 5) is 20.5. The molecule has 1 rings (SSSR count). The molecule has 17 heavy (non-hydrogen) atoms. The van der Waals surface area contributed by atoms with Crippen LogP contribution in [0.25, 0.3) is 0 Å². The van der Waals surface area contributed by atoms with Gasteiger partial charge in [0.25, 0.3) is 10.5 Å². The van der Waals surface area contributed by atoms with Crippen molar-refractivity contribution in [2.24, 2.45) is 11.5 Å². The Morgan fingerprint density at radius 3 is 1.47 bits per heavy atom. The van der Waals surface area contributed by atoms with Crippen LogP contribution in [0.5, 0.6) is 0 Å². The van der Waals surface area contributed by atoms with E-state index < -0.39 is 10.5 Å². The number of primary amides is 2. The highest BCUT2D eigenvalue weighted by atomic mass is 32.1. The Kier molecular flexibility index (Phi) is 13.5. The highest BCUT2D eigenvalue weighted by molar-refractivity contribution is 7.96. The van der Waals surface area contributed by atoms with Crippen LogP contribution < -0.4 is 11.5 Å². The maximum atomic E-state index is 9.09. The summed E-state index contributed by atoms with van der Waals surface area (Å²) >= 11 is 6.21. The average Bonchev–Trinajstić information content (AvgIpc) is 2.17. The van der Waals surface area contributed by atoms with Gasteiger partial charge in [-0.3, -0.25) is 9.59 Å². The second kappa shape index (κ2) is 12.1. The van der Waals surface area contributed by atoms with Gasteiger partial charge in [-0.05, 0) is 26.9 Å². The molecular formula is C10H23N3O2S2. The van der Waals surface area contributed by atoms with Crippen LogP contribution in [0.1, 0.15) is 32.1 Å². The van der Waals surface area contributed by atoms with Gasteiger partial charge in [-0.25, -0.2) is 0 Å². The van der Waals surface area contributed by atoms with Gasteiger partial charge in [0.15, 0.2) is 0 Å². The smallest absolute Gasteiger partial charge is 0.273 e. The largest absolute Gasteiger partial charge is 0.361 e. The molecule has 2 amide bonds. The van der Waals surface area contributed by atoms with Crippen LogP contribution in [-0.2, 0) is 0 Å². The van der Waals surface area contributed by atoms with Crippen molar-refractivity contribution < 1.29 is 9.59 Å². The van der Waals surface area contributed by atoms with Gasteiger partial charge in [0.1, 0.15) is 0 Å². The van der Waals surface area contributed by atoms with E-state index in [4.69, 9.17) is 9.59 Å². The summed E-state index contributed by atoms with van der Waals surface area (Å²) in [7, 11) is 4.38. The predicted octanol–water partition coefficient (Wildman–Crippen LogP) is 1.87. The number of carbonyl (C=O) groups is 2. The summed E-state index contributed by atoms with van der Waals surface area (Å²) in [6.07, 6.45) is 7.20. The number of rotatable bonds is 1. The molecule has 7 heteroatoms. The second-order valence-electron chi connectivity index (χ2n) is 3.93. The van der Waals surface area contributed by atoms with Gasteiger partial charge in [0.2, 0.25) is 0 Å². The fourth-order valence-corrected chi connectivity index (χ4v) is 1.60. The van der Waals surface area contributed by atoms with E-state index in [0.29, 0.717) is 0 Å². The van der Waals surface area contributed by atoms with Gasteiger partial charge in [-0.2, -0.15) is 0 Å². The zero-order valence-corrected chi connectivity index (χ0v) is 12.2. The van der Waals surface area contributed by atoms with Gasteiger partial charge in [0, 0.05) is 6.04 Å². The summed E-state index contributed by atoms with van der Waals surface area (Å²) in [6.45, 7) is 0. The lowest BCUT2D eigenvalue weighted by molar-refractivity contribution is 0.229. The van der Waals surface area contributed by atoms with E-state index in [1.165, 1.54) is 32.1 Å². The van der Waals surface area contributed by atoms with E-state index in [2.05, 4.69) is 55.7 Å². The Bertz CT molecular complexity index is 200.